The monoisotopic (exact) mass is 281 g/mol. The van der Waals surface area contributed by atoms with Gasteiger partial charge in [-0.15, -0.1) is 0 Å². The van der Waals surface area contributed by atoms with Gasteiger partial charge in [-0.1, -0.05) is 18.2 Å². The van der Waals surface area contributed by atoms with Crippen molar-refractivity contribution in [1.82, 2.24) is 4.57 Å². The van der Waals surface area contributed by atoms with Crippen molar-refractivity contribution in [1.29, 1.82) is 0 Å². The number of aliphatic hydroxyl groups is 1. The first kappa shape index (κ1) is 11.7. The molecule has 0 aliphatic heterocycles. The second-order valence-corrected chi connectivity index (χ2v) is 5.02. The summed E-state index contributed by atoms with van der Waals surface area (Å²) in [6.07, 6.45) is 1.44. The minimum absolute atomic E-state index is 0.245. The van der Waals surface area contributed by atoms with Gasteiger partial charge in [-0.3, -0.25) is 0 Å². The zero-order valence-electron chi connectivity index (χ0n) is 9.57. The molecule has 2 nitrogen and oxygen atoms in total. The van der Waals surface area contributed by atoms with Crippen LogP contribution in [0.25, 0.3) is 10.9 Å². The summed E-state index contributed by atoms with van der Waals surface area (Å²) >= 11 is 3.65. The summed E-state index contributed by atoms with van der Waals surface area (Å²) in [6.45, 7) is 1.83. The average molecular weight is 282 g/mol. The highest BCUT2D eigenvalue weighted by atomic mass is 79.9. The third-order valence-electron chi connectivity index (χ3n) is 2.96. The van der Waals surface area contributed by atoms with Crippen LogP contribution in [-0.4, -0.2) is 15.8 Å². The normalized spacial score (nSPS) is 13.2. The number of fused-ring (bicyclic) bond motifs is 1. The van der Waals surface area contributed by atoms with Crippen molar-refractivity contribution in [2.75, 3.05) is 0 Å². The second kappa shape index (κ2) is 4.60. The van der Waals surface area contributed by atoms with Gasteiger partial charge in [-0.2, -0.15) is 0 Å². The topological polar surface area (TPSA) is 25.2 Å². The number of halogens is 1. The lowest BCUT2D eigenvalue weighted by molar-refractivity contribution is 0.184. The number of hydrogen-bond acceptors (Lipinski definition) is 1. The van der Waals surface area contributed by atoms with Crippen LogP contribution in [-0.2, 0) is 13.5 Å². The molecule has 0 fully saturated rings. The number of para-hydroxylation sites is 1. The van der Waals surface area contributed by atoms with E-state index < -0.39 is 0 Å². The quantitative estimate of drug-likeness (QED) is 0.918. The summed E-state index contributed by atoms with van der Waals surface area (Å²) in [7, 11) is 2.07. The van der Waals surface area contributed by atoms with Crippen molar-refractivity contribution in [2.45, 2.75) is 25.9 Å². The molecule has 1 N–H and O–H groups in total. The van der Waals surface area contributed by atoms with E-state index in [-0.39, 0.29) is 6.10 Å². The Hall–Kier alpha value is -0.800. The van der Waals surface area contributed by atoms with Crippen LogP contribution >= 0.6 is 15.9 Å². The van der Waals surface area contributed by atoms with Crippen LogP contribution in [0.5, 0.6) is 0 Å². The summed E-state index contributed by atoms with van der Waals surface area (Å²) in [6, 6.07) is 8.33. The van der Waals surface area contributed by atoms with E-state index in [0.717, 1.165) is 17.3 Å². The number of aromatic nitrogens is 1. The molecule has 0 spiro atoms. The first-order chi connectivity index (χ1) is 7.61. The van der Waals surface area contributed by atoms with Gasteiger partial charge in [0, 0.05) is 28.1 Å². The van der Waals surface area contributed by atoms with Crippen LogP contribution in [0.3, 0.4) is 0 Å². The Morgan fingerprint density at radius 1 is 1.38 bits per heavy atom. The van der Waals surface area contributed by atoms with Gasteiger partial charge in [0.25, 0.3) is 0 Å². The van der Waals surface area contributed by atoms with E-state index in [2.05, 4.69) is 39.7 Å². The molecule has 0 radical (unpaired) electrons. The highest BCUT2D eigenvalue weighted by Gasteiger charge is 2.12. The summed E-state index contributed by atoms with van der Waals surface area (Å²) in [5, 5.41) is 10.6. The predicted octanol–water partition coefficient (Wildman–Crippen LogP) is 3.25. The zero-order valence-corrected chi connectivity index (χ0v) is 11.2. The zero-order chi connectivity index (χ0) is 11.7. The maximum atomic E-state index is 9.35. The highest BCUT2D eigenvalue weighted by Crippen LogP contribution is 2.30. The molecule has 1 aromatic carbocycles. The van der Waals surface area contributed by atoms with Gasteiger partial charge in [-0.05, 0) is 41.8 Å². The van der Waals surface area contributed by atoms with Crippen molar-refractivity contribution in [3.05, 3.63) is 34.4 Å². The Labute approximate surface area is 104 Å². The van der Waals surface area contributed by atoms with Gasteiger partial charge in [0.15, 0.2) is 0 Å². The van der Waals surface area contributed by atoms with E-state index in [1.54, 1.807) is 0 Å². The Morgan fingerprint density at radius 2 is 2.06 bits per heavy atom. The van der Waals surface area contributed by atoms with Gasteiger partial charge >= 0.3 is 0 Å². The molecule has 2 rings (SSSR count). The van der Waals surface area contributed by atoms with E-state index >= 15 is 0 Å². The van der Waals surface area contributed by atoms with Gasteiger partial charge in [0.1, 0.15) is 0 Å². The minimum atomic E-state index is -0.245. The highest BCUT2D eigenvalue weighted by molar-refractivity contribution is 9.10. The molecule has 2 aromatic rings. The number of aryl methyl sites for hydroxylation is 1. The fraction of sp³-hybridized carbons (Fsp3) is 0.385. The maximum Gasteiger partial charge on any atom is 0.0515 e. The van der Waals surface area contributed by atoms with Gasteiger partial charge in [0.2, 0.25) is 0 Å². The summed E-state index contributed by atoms with van der Waals surface area (Å²) in [4.78, 5) is 0. The van der Waals surface area contributed by atoms with Crippen molar-refractivity contribution in [3.63, 3.8) is 0 Å². The van der Waals surface area contributed by atoms with Gasteiger partial charge < -0.3 is 9.67 Å². The van der Waals surface area contributed by atoms with Crippen molar-refractivity contribution >= 4 is 26.8 Å². The van der Waals surface area contributed by atoms with Gasteiger partial charge in [-0.25, -0.2) is 0 Å². The van der Waals surface area contributed by atoms with E-state index in [0.29, 0.717) is 0 Å². The molecule has 0 saturated carbocycles. The molecule has 3 heteroatoms. The molecule has 1 atom stereocenters. The number of rotatable bonds is 3. The average Bonchev–Trinajstić information content (AvgIpc) is 2.50. The standard InChI is InChI=1S/C13H16BrNO/c1-9(16)7-8-12-13(14)10-5-3-4-6-11(10)15(12)2/h3-6,9,16H,7-8H2,1-2H3/t9-/m1/s1. The molecule has 0 unspecified atom stereocenters. The molecule has 1 heterocycles. The largest absolute Gasteiger partial charge is 0.393 e. The Kier molecular flexibility index (Phi) is 3.36. The number of hydrogen-bond donors (Lipinski definition) is 1. The molecule has 0 amide bonds. The Bertz CT molecular complexity index is 463. The summed E-state index contributed by atoms with van der Waals surface area (Å²) in [5.74, 6) is 0. The SMILES string of the molecule is C[C@@H](O)CCc1c(Br)c2ccccc2n1C. The lowest BCUT2D eigenvalue weighted by Gasteiger charge is -2.06. The third-order valence-corrected chi connectivity index (χ3v) is 3.84. The van der Waals surface area contributed by atoms with Crippen molar-refractivity contribution in [2.24, 2.45) is 7.05 Å². The summed E-state index contributed by atoms with van der Waals surface area (Å²) in [5.41, 5.74) is 2.48. The van der Waals surface area contributed by atoms with Crippen LogP contribution in [0.4, 0.5) is 0 Å². The molecule has 1 aromatic heterocycles. The number of nitrogens with zero attached hydrogens (tertiary/aromatic N) is 1. The van der Waals surface area contributed by atoms with Crippen LogP contribution < -0.4 is 0 Å². The van der Waals surface area contributed by atoms with Crippen molar-refractivity contribution in [3.8, 4) is 0 Å². The van der Waals surface area contributed by atoms with E-state index in [1.807, 2.05) is 19.1 Å². The van der Waals surface area contributed by atoms with E-state index in [1.165, 1.54) is 16.6 Å². The molecule has 0 bridgehead atoms. The molecule has 86 valence electrons. The Balaban J connectivity index is 2.45. The number of aliphatic hydroxyl groups excluding tert-OH is 1. The van der Waals surface area contributed by atoms with Crippen LogP contribution in [0.1, 0.15) is 19.0 Å². The van der Waals surface area contributed by atoms with Crippen LogP contribution in [0.2, 0.25) is 0 Å². The predicted molar refractivity (Wildman–Crippen MR) is 70.6 cm³/mol. The third kappa shape index (κ3) is 2.02. The number of benzene rings is 1. The fourth-order valence-corrected chi connectivity index (χ4v) is 2.82. The maximum absolute atomic E-state index is 9.35. The lowest BCUT2D eigenvalue weighted by atomic mass is 10.1. The van der Waals surface area contributed by atoms with Crippen LogP contribution in [0.15, 0.2) is 28.7 Å². The first-order valence-electron chi connectivity index (χ1n) is 5.51. The van der Waals surface area contributed by atoms with E-state index in [9.17, 15) is 5.11 Å². The first-order valence-corrected chi connectivity index (χ1v) is 6.30. The molecule has 0 aliphatic rings. The second-order valence-electron chi connectivity index (χ2n) is 4.22. The van der Waals surface area contributed by atoms with Crippen molar-refractivity contribution < 1.29 is 5.11 Å². The molecule has 16 heavy (non-hydrogen) atoms. The molecule has 0 aliphatic carbocycles. The van der Waals surface area contributed by atoms with Crippen LogP contribution in [0, 0.1) is 0 Å². The minimum Gasteiger partial charge on any atom is -0.393 e. The smallest absolute Gasteiger partial charge is 0.0515 e. The van der Waals surface area contributed by atoms with Gasteiger partial charge in [0.05, 0.1) is 6.10 Å². The van der Waals surface area contributed by atoms with E-state index in [4.69, 9.17) is 0 Å². The Morgan fingerprint density at radius 3 is 2.69 bits per heavy atom. The molecular formula is C13H16BrNO. The fourth-order valence-electron chi connectivity index (χ4n) is 2.02. The lowest BCUT2D eigenvalue weighted by Crippen LogP contribution is -2.04. The molecular weight excluding hydrogens is 266 g/mol. The summed E-state index contributed by atoms with van der Waals surface area (Å²) < 4.78 is 3.35. The molecule has 0 saturated heterocycles.